The van der Waals surface area contributed by atoms with Gasteiger partial charge in [-0.2, -0.15) is 0 Å². The van der Waals surface area contributed by atoms with Gasteiger partial charge in [0.2, 0.25) is 0 Å². The SMILES string of the molecule is CCS(=O)(=O)CCOc1ccc(/C=C/C(=O)O)cc1F. The summed E-state index contributed by atoms with van der Waals surface area (Å²) >= 11 is 0. The Morgan fingerprint density at radius 1 is 1.45 bits per heavy atom. The van der Waals surface area contributed by atoms with Gasteiger partial charge in [-0.05, 0) is 23.8 Å². The van der Waals surface area contributed by atoms with E-state index in [0.717, 1.165) is 12.1 Å². The van der Waals surface area contributed by atoms with E-state index in [1.54, 1.807) is 0 Å². The number of hydrogen-bond acceptors (Lipinski definition) is 4. The lowest BCUT2D eigenvalue weighted by Gasteiger charge is -2.07. The maximum absolute atomic E-state index is 13.6. The summed E-state index contributed by atoms with van der Waals surface area (Å²) in [6, 6.07) is 3.92. The average Bonchev–Trinajstić information content (AvgIpc) is 2.38. The van der Waals surface area contributed by atoms with Gasteiger partial charge >= 0.3 is 5.97 Å². The molecule has 0 heterocycles. The number of ether oxygens (including phenoxy) is 1. The van der Waals surface area contributed by atoms with Gasteiger partial charge in [-0.1, -0.05) is 13.0 Å². The Labute approximate surface area is 116 Å². The van der Waals surface area contributed by atoms with E-state index in [1.807, 2.05) is 0 Å². The van der Waals surface area contributed by atoms with Crippen LogP contribution in [0.4, 0.5) is 4.39 Å². The zero-order valence-electron chi connectivity index (χ0n) is 10.9. The molecule has 0 bridgehead atoms. The topological polar surface area (TPSA) is 80.7 Å². The lowest BCUT2D eigenvalue weighted by atomic mass is 10.2. The molecule has 1 aromatic carbocycles. The Hall–Kier alpha value is -1.89. The predicted octanol–water partition coefficient (Wildman–Crippen LogP) is 1.74. The Morgan fingerprint density at radius 2 is 2.15 bits per heavy atom. The summed E-state index contributed by atoms with van der Waals surface area (Å²) in [4.78, 5) is 10.3. The van der Waals surface area contributed by atoms with Crippen molar-refractivity contribution in [3.63, 3.8) is 0 Å². The summed E-state index contributed by atoms with van der Waals surface area (Å²) < 4.78 is 41.2. The molecule has 7 heteroatoms. The van der Waals surface area contributed by atoms with Gasteiger partial charge in [0.15, 0.2) is 21.4 Å². The van der Waals surface area contributed by atoms with Crippen molar-refractivity contribution in [2.24, 2.45) is 0 Å². The molecule has 0 amide bonds. The van der Waals surface area contributed by atoms with Crippen LogP contribution in [0.15, 0.2) is 24.3 Å². The van der Waals surface area contributed by atoms with Crippen LogP contribution in [0.2, 0.25) is 0 Å². The van der Waals surface area contributed by atoms with Crippen molar-refractivity contribution in [1.82, 2.24) is 0 Å². The van der Waals surface area contributed by atoms with Crippen LogP contribution in [-0.2, 0) is 14.6 Å². The van der Waals surface area contributed by atoms with Crippen LogP contribution in [0, 0.1) is 5.82 Å². The molecule has 0 unspecified atom stereocenters. The molecule has 1 rings (SSSR count). The van der Waals surface area contributed by atoms with Crippen molar-refractivity contribution in [1.29, 1.82) is 0 Å². The van der Waals surface area contributed by atoms with Crippen molar-refractivity contribution in [3.8, 4) is 5.75 Å². The van der Waals surface area contributed by atoms with Crippen molar-refractivity contribution < 1.29 is 27.4 Å². The molecule has 0 aliphatic rings. The van der Waals surface area contributed by atoms with Crippen LogP contribution in [0.5, 0.6) is 5.75 Å². The Balaban J connectivity index is 2.67. The smallest absolute Gasteiger partial charge is 0.328 e. The van der Waals surface area contributed by atoms with Gasteiger partial charge < -0.3 is 9.84 Å². The first-order valence-corrected chi connectivity index (χ1v) is 7.70. The normalized spacial score (nSPS) is 11.7. The molecule has 0 aliphatic heterocycles. The predicted molar refractivity (Wildman–Crippen MR) is 72.9 cm³/mol. The number of sulfone groups is 1. The van der Waals surface area contributed by atoms with Crippen LogP contribution >= 0.6 is 0 Å². The minimum absolute atomic E-state index is 0.0117. The van der Waals surface area contributed by atoms with Gasteiger partial charge in [0.1, 0.15) is 6.61 Å². The third kappa shape index (κ3) is 5.40. The lowest BCUT2D eigenvalue weighted by molar-refractivity contribution is -0.131. The Bertz CT molecular complexity index is 607. The number of halogens is 1. The number of hydrogen-bond donors (Lipinski definition) is 1. The summed E-state index contributed by atoms with van der Waals surface area (Å²) in [7, 11) is -3.15. The second-order valence-electron chi connectivity index (χ2n) is 3.95. The zero-order chi connectivity index (χ0) is 15.2. The first-order valence-electron chi connectivity index (χ1n) is 5.88. The minimum Gasteiger partial charge on any atom is -0.489 e. The highest BCUT2D eigenvalue weighted by atomic mass is 32.2. The molecule has 0 saturated heterocycles. The molecular weight excluding hydrogens is 287 g/mol. The van der Waals surface area contributed by atoms with Crippen LogP contribution in [0.3, 0.4) is 0 Å². The van der Waals surface area contributed by atoms with Crippen LogP contribution in [0.1, 0.15) is 12.5 Å². The standard InChI is InChI=1S/C13H15FO5S/c1-2-20(17,18)8-7-19-12-5-3-10(9-11(12)14)4-6-13(15)16/h3-6,9H,2,7-8H2,1H3,(H,15,16)/b6-4+. The molecular formula is C13H15FO5S. The highest BCUT2D eigenvalue weighted by Crippen LogP contribution is 2.19. The largest absolute Gasteiger partial charge is 0.489 e. The Kier molecular flexibility index (Phi) is 5.69. The van der Waals surface area contributed by atoms with Gasteiger partial charge in [-0.15, -0.1) is 0 Å². The number of rotatable bonds is 7. The summed E-state index contributed by atoms with van der Waals surface area (Å²) in [5.74, 6) is -2.04. The van der Waals surface area contributed by atoms with Gasteiger partial charge in [-0.25, -0.2) is 17.6 Å². The fourth-order valence-electron chi connectivity index (χ4n) is 1.33. The maximum Gasteiger partial charge on any atom is 0.328 e. The van der Waals surface area contributed by atoms with E-state index >= 15 is 0 Å². The molecule has 20 heavy (non-hydrogen) atoms. The number of carboxylic acid groups (broad SMARTS) is 1. The van der Waals surface area contributed by atoms with E-state index < -0.39 is 21.6 Å². The molecule has 1 N–H and O–H groups in total. The molecule has 110 valence electrons. The van der Waals surface area contributed by atoms with Crippen molar-refractivity contribution in [3.05, 3.63) is 35.7 Å². The van der Waals surface area contributed by atoms with E-state index in [0.29, 0.717) is 5.56 Å². The average molecular weight is 302 g/mol. The molecule has 0 radical (unpaired) electrons. The van der Waals surface area contributed by atoms with Gasteiger partial charge in [0.25, 0.3) is 0 Å². The highest BCUT2D eigenvalue weighted by molar-refractivity contribution is 7.91. The number of aliphatic carboxylic acids is 1. The third-order valence-electron chi connectivity index (χ3n) is 2.47. The molecule has 5 nitrogen and oxygen atoms in total. The molecule has 0 atom stereocenters. The first-order chi connectivity index (χ1) is 9.34. The van der Waals surface area contributed by atoms with Gasteiger partial charge in [0, 0.05) is 11.8 Å². The molecule has 0 fully saturated rings. The second-order valence-corrected chi connectivity index (χ2v) is 6.42. The zero-order valence-corrected chi connectivity index (χ0v) is 11.7. The highest BCUT2D eigenvalue weighted by Gasteiger charge is 2.09. The summed E-state index contributed by atoms with van der Waals surface area (Å²) in [6.45, 7) is 1.40. The molecule has 0 aliphatic carbocycles. The van der Waals surface area contributed by atoms with Crippen LogP contribution in [-0.4, -0.2) is 37.6 Å². The number of carbonyl (C=O) groups is 1. The van der Waals surface area contributed by atoms with Gasteiger partial charge in [-0.3, -0.25) is 0 Å². The van der Waals surface area contributed by atoms with E-state index in [4.69, 9.17) is 9.84 Å². The first kappa shape index (κ1) is 16.2. The van der Waals surface area contributed by atoms with Crippen molar-refractivity contribution in [2.45, 2.75) is 6.92 Å². The molecule has 0 spiro atoms. The van der Waals surface area contributed by atoms with Crippen molar-refractivity contribution in [2.75, 3.05) is 18.1 Å². The number of benzene rings is 1. The van der Waals surface area contributed by atoms with Gasteiger partial charge in [0.05, 0.1) is 5.75 Å². The lowest BCUT2D eigenvalue weighted by Crippen LogP contribution is -2.15. The fourth-order valence-corrected chi connectivity index (χ4v) is 1.95. The maximum atomic E-state index is 13.6. The number of carboxylic acids is 1. The van der Waals surface area contributed by atoms with E-state index in [-0.39, 0.29) is 23.9 Å². The third-order valence-corrected chi connectivity index (χ3v) is 4.13. The summed E-state index contributed by atoms with van der Waals surface area (Å²) in [5, 5.41) is 8.45. The molecule has 0 aromatic heterocycles. The molecule has 0 saturated carbocycles. The van der Waals surface area contributed by atoms with E-state index in [9.17, 15) is 17.6 Å². The Morgan fingerprint density at radius 3 is 2.70 bits per heavy atom. The van der Waals surface area contributed by atoms with E-state index in [1.165, 1.54) is 25.1 Å². The van der Waals surface area contributed by atoms with Crippen molar-refractivity contribution >= 4 is 21.9 Å². The summed E-state index contributed by atoms with van der Waals surface area (Å²) in [5.41, 5.74) is 0.374. The fraction of sp³-hybridized carbons (Fsp3) is 0.308. The van der Waals surface area contributed by atoms with E-state index in [2.05, 4.69) is 0 Å². The van der Waals surface area contributed by atoms with Crippen LogP contribution < -0.4 is 4.74 Å². The summed E-state index contributed by atoms with van der Waals surface area (Å²) in [6.07, 6.45) is 2.14. The second kappa shape index (κ2) is 7.04. The molecule has 1 aromatic rings. The van der Waals surface area contributed by atoms with Crippen LogP contribution in [0.25, 0.3) is 6.08 Å². The monoisotopic (exact) mass is 302 g/mol. The minimum atomic E-state index is -3.15. The quantitative estimate of drug-likeness (QED) is 0.776.